The third kappa shape index (κ3) is 8.54. The smallest absolute Gasteiger partial charge is 0.410 e. The van der Waals surface area contributed by atoms with Crippen molar-refractivity contribution in [2.75, 3.05) is 39.1 Å². The van der Waals surface area contributed by atoms with Gasteiger partial charge in [0.05, 0.1) is 0 Å². The van der Waals surface area contributed by atoms with E-state index in [1.165, 1.54) is 5.56 Å². The molecule has 1 aromatic heterocycles. The summed E-state index contributed by atoms with van der Waals surface area (Å²) < 4.78 is 5.59. The number of hydrogen-bond acceptors (Lipinski definition) is 6. The lowest BCUT2D eigenvalue weighted by Gasteiger charge is -2.39. The van der Waals surface area contributed by atoms with Gasteiger partial charge in [-0.1, -0.05) is 24.3 Å². The van der Waals surface area contributed by atoms with Crippen molar-refractivity contribution < 1.29 is 14.3 Å². The molecule has 45 heavy (non-hydrogen) atoms. The molecule has 0 atom stereocenters. The Bertz CT molecular complexity index is 1580. The van der Waals surface area contributed by atoms with Crippen molar-refractivity contribution in [2.24, 2.45) is 0 Å². The number of nitrogens with zero attached hydrogens (tertiary/aromatic N) is 3. The summed E-state index contributed by atoms with van der Waals surface area (Å²) in [6, 6.07) is 14.6. The number of benzene rings is 2. The lowest BCUT2D eigenvalue weighted by Crippen LogP contribution is -2.47. The standard InChI is InChI=1S/C36H49N5O4/c1-23-18-24(2)38-34(43)31(23)21-37-33(42)30-19-28(27-12-10-26(11-13-27)22-39(7)8)20-32(25(30)3)40(9)29-14-16-41(17-15-29)35(44)45-36(4,5)6/h10-13,18-20,29H,14-17,21-22H2,1-9H3,(H,37,42)(H,38,43). The van der Waals surface area contributed by atoms with E-state index in [9.17, 15) is 14.4 Å². The molecule has 0 saturated carbocycles. The van der Waals surface area contributed by atoms with Gasteiger partial charge in [0, 0.05) is 61.8 Å². The van der Waals surface area contributed by atoms with E-state index in [1.807, 2.05) is 67.8 Å². The predicted molar refractivity (Wildman–Crippen MR) is 181 cm³/mol. The van der Waals surface area contributed by atoms with Crippen LogP contribution in [0.1, 0.15) is 71.9 Å². The Hall–Kier alpha value is -4.11. The van der Waals surface area contributed by atoms with E-state index in [0.717, 1.165) is 53.0 Å². The SMILES string of the molecule is Cc1cc(C)c(CNC(=O)c2cc(-c3ccc(CN(C)C)cc3)cc(N(C)C3CCN(C(=O)OC(C)(C)C)CC3)c2C)c(=O)[nH]1. The molecule has 1 aliphatic rings. The van der Waals surface area contributed by atoms with Crippen LogP contribution in [0, 0.1) is 20.8 Å². The first-order valence-corrected chi connectivity index (χ1v) is 15.7. The van der Waals surface area contributed by atoms with Crippen molar-refractivity contribution in [2.45, 2.75) is 79.1 Å². The van der Waals surface area contributed by atoms with E-state index in [2.05, 4.69) is 57.5 Å². The molecule has 4 rings (SSSR count). The second-order valence-corrected chi connectivity index (χ2v) is 13.5. The van der Waals surface area contributed by atoms with Gasteiger partial charge in [-0.2, -0.15) is 0 Å². The third-order valence-corrected chi connectivity index (χ3v) is 8.37. The number of anilines is 1. The van der Waals surface area contributed by atoms with Gasteiger partial charge in [0.1, 0.15) is 5.60 Å². The molecule has 0 spiro atoms. The quantitative estimate of drug-likeness (QED) is 0.333. The summed E-state index contributed by atoms with van der Waals surface area (Å²) in [6.07, 6.45) is 1.30. The first-order chi connectivity index (χ1) is 21.1. The number of rotatable bonds is 8. The molecule has 1 fully saturated rings. The normalized spacial score (nSPS) is 14.0. The summed E-state index contributed by atoms with van der Waals surface area (Å²) in [5.74, 6) is -0.229. The Balaban J connectivity index is 1.63. The van der Waals surface area contributed by atoms with Gasteiger partial charge >= 0.3 is 6.09 Å². The van der Waals surface area contributed by atoms with Crippen molar-refractivity contribution in [3.63, 3.8) is 0 Å². The second kappa shape index (κ2) is 13.9. The molecule has 3 aromatic rings. The summed E-state index contributed by atoms with van der Waals surface area (Å²) >= 11 is 0. The first-order valence-electron chi connectivity index (χ1n) is 15.7. The molecular formula is C36H49N5O4. The number of ether oxygens (including phenoxy) is 1. The number of aryl methyl sites for hydroxylation is 2. The summed E-state index contributed by atoms with van der Waals surface area (Å²) in [5.41, 5.74) is 7.04. The molecule has 0 unspecified atom stereocenters. The van der Waals surface area contributed by atoms with Gasteiger partial charge < -0.3 is 29.7 Å². The van der Waals surface area contributed by atoms with Crippen LogP contribution in [0.3, 0.4) is 0 Å². The molecule has 9 nitrogen and oxygen atoms in total. The van der Waals surface area contributed by atoms with E-state index in [-0.39, 0.29) is 30.1 Å². The number of aromatic amines is 1. The zero-order valence-corrected chi connectivity index (χ0v) is 28.3. The number of aromatic nitrogens is 1. The van der Waals surface area contributed by atoms with Crippen molar-refractivity contribution >= 4 is 17.7 Å². The van der Waals surface area contributed by atoms with Crippen LogP contribution in [-0.2, 0) is 17.8 Å². The lowest BCUT2D eigenvalue weighted by atomic mass is 9.94. The number of H-pyrrole nitrogens is 1. The maximum Gasteiger partial charge on any atom is 0.410 e. The Morgan fingerprint density at radius 3 is 2.20 bits per heavy atom. The number of pyridine rings is 1. The fraction of sp³-hybridized carbons (Fsp3) is 0.472. The fourth-order valence-electron chi connectivity index (χ4n) is 5.96. The van der Waals surface area contributed by atoms with Gasteiger partial charge in [-0.3, -0.25) is 9.59 Å². The molecule has 2 aromatic carbocycles. The number of piperidine rings is 1. The highest BCUT2D eigenvalue weighted by atomic mass is 16.6. The highest BCUT2D eigenvalue weighted by molar-refractivity contribution is 5.99. The average molecular weight is 616 g/mol. The van der Waals surface area contributed by atoms with Crippen LogP contribution >= 0.6 is 0 Å². The number of amides is 2. The minimum absolute atomic E-state index is 0.136. The molecule has 1 saturated heterocycles. The first kappa shape index (κ1) is 33.8. The van der Waals surface area contributed by atoms with Gasteiger partial charge in [-0.05, 0) is 114 Å². The molecule has 9 heteroatoms. The fourth-order valence-corrected chi connectivity index (χ4v) is 5.96. The van der Waals surface area contributed by atoms with Crippen LogP contribution in [-0.4, -0.2) is 72.7 Å². The predicted octanol–water partition coefficient (Wildman–Crippen LogP) is 5.79. The largest absolute Gasteiger partial charge is 0.444 e. The molecule has 2 amide bonds. The van der Waals surface area contributed by atoms with Crippen molar-refractivity contribution in [1.29, 1.82) is 0 Å². The number of carbonyl (C=O) groups is 2. The maximum absolute atomic E-state index is 13.8. The van der Waals surface area contributed by atoms with Crippen LogP contribution in [0.2, 0.25) is 0 Å². The molecule has 2 N–H and O–H groups in total. The van der Waals surface area contributed by atoms with Crippen LogP contribution in [0.25, 0.3) is 11.1 Å². The Kier molecular flexibility index (Phi) is 10.4. The third-order valence-electron chi connectivity index (χ3n) is 8.37. The van der Waals surface area contributed by atoms with Gasteiger partial charge in [0.25, 0.3) is 11.5 Å². The number of hydrogen-bond donors (Lipinski definition) is 2. The van der Waals surface area contributed by atoms with Gasteiger partial charge in [-0.15, -0.1) is 0 Å². The Morgan fingerprint density at radius 2 is 1.62 bits per heavy atom. The second-order valence-electron chi connectivity index (χ2n) is 13.5. The summed E-state index contributed by atoms with van der Waals surface area (Å²) in [4.78, 5) is 48.0. The molecule has 242 valence electrons. The molecule has 0 bridgehead atoms. The van der Waals surface area contributed by atoms with E-state index in [1.54, 1.807) is 4.90 Å². The van der Waals surface area contributed by atoms with Gasteiger partial charge in [0.2, 0.25) is 0 Å². The van der Waals surface area contributed by atoms with Crippen LogP contribution in [0.5, 0.6) is 0 Å². The van der Waals surface area contributed by atoms with Crippen LogP contribution in [0.15, 0.2) is 47.3 Å². The van der Waals surface area contributed by atoms with Gasteiger partial charge in [-0.25, -0.2) is 4.79 Å². The Labute approximate surface area is 267 Å². The molecule has 0 radical (unpaired) electrons. The van der Waals surface area contributed by atoms with Crippen LogP contribution in [0.4, 0.5) is 10.5 Å². The van der Waals surface area contributed by atoms with Crippen molar-refractivity contribution in [3.8, 4) is 11.1 Å². The summed E-state index contributed by atoms with van der Waals surface area (Å²) in [5, 5.41) is 3.01. The Morgan fingerprint density at radius 1 is 0.978 bits per heavy atom. The minimum atomic E-state index is -0.532. The monoisotopic (exact) mass is 615 g/mol. The zero-order chi connectivity index (χ0) is 33.1. The molecule has 2 heterocycles. The van der Waals surface area contributed by atoms with Crippen molar-refractivity contribution in [1.82, 2.24) is 20.1 Å². The highest BCUT2D eigenvalue weighted by Crippen LogP contribution is 2.34. The average Bonchev–Trinajstić information content (AvgIpc) is 2.95. The van der Waals surface area contributed by atoms with E-state index in [0.29, 0.717) is 24.2 Å². The number of likely N-dealkylation sites (tertiary alicyclic amines) is 1. The topological polar surface area (TPSA) is 98.0 Å². The number of carbonyl (C=O) groups excluding carboxylic acids is 2. The molecule has 0 aliphatic carbocycles. The summed E-state index contributed by atoms with van der Waals surface area (Å²) in [6.45, 7) is 13.5. The van der Waals surface area contributed by atoms with Gasteiger partial charge in [0.15, 0.2) is 0 Å². The van der Waals surface area contributed by atoms with Crippen LogP contribution < -0.4 is 15.8 Å². The highest BCUT2D eigenvalue weighted by Gasteiger charge is 2.30. The minimum Gasteiger partial charge on any atom is -0.444 e. The van der Waals surface area contributed by atoms with Crippen molar-refractivity contribution in [3.05, 3.63) is 86.3 Å². The zero-order valence-electron chi connectivity index (χ0n) is 28.3. The van der Waals surface area contributed by atoms with E-state index < -0.39 is 5.60 Å². The summed E-state index contributed by atoms with van der Waals surface area (Å²) in [7, 11) is 6.16. The maximum atomic E-state index is 13.8. The number of nitrogens with one attached hydrogen (secondary N) is 2. The van der Waals surface area contributed by atoms with E-state index in [4.69, 9.17) is 4.74 Å². The molecular weight excluding hydrogens is 566 g/mol. The lowest BCUT2D eigenvalue weighted by molar-refractivity contribution is 0.0205. The van der Waals surface area contributed by atoms with E-state index >= 15 is 0 Å². The molecule has 1 aliphatic heterocycles.